The topological polar surface area (TPSA) is 30.0 Å². The average molecular weight is 188 g/mol. The van der Waals surface area contributed by atoms with Gasteiger partial charge in [0.2, 0.25) is 0 Å². The molecular weight excluding hydrogens is 181 g/mol. The highest BCUT2D eigenvalue weighted by molar-refractivity contribution is 6.29. The van der Waals surface area contributed by atoms with Crippen LogP contribution in [0.1, 0.15) is 23.7 Å². The first-order valence-electron chi connectivity index (χ1n) is 3.50. The second kappa shape index (κ2) is 3.63. The molecule has 0 aliphatic rings. The Hall–Kier alpha value is -0.960. The first kappa shape index (κ1) is 9.13. The summed E-state index contributed by atoms with van der Waals surface area (Å²) in [5, 5.41) is -0.255. The lowest BCUT2D eigenvalue weighted by atomic mass is 10.1. The highest BCUT2D eigenvalue weighted by Gasteiger charge is 2.12. The molecule has 12 heavy (non-hydrogen) atoms. The molecule has 0 aromatic carbocycles. The molecule has 64 valence electrons. The van der Waals surface area contributed by atoms with Gasteiger partial charge in [-0.05, 0) is 6.07 Å². The van der Waals surface area contributed by atoms with Gasteiger partial charge in [-0.3, -0.25) is 4.79 Å². The smallest absolute Gasteiger partial charge is 0.171 e. The summed E-state index contributed by atoms with van der Waals surface area (Å²) in [6.07, 6.45) is 1.57. The van der Waals surface area contributed by atoms with E-state index in [0.29, 0.717) is 0 Å². The molecule has 1 aromatic rings. The number of ketones is 1. The minimum atomic E-state index is -0.731. The molecule has 0 atom stereocenters. The molecular formula is C8H7ClFNO. The van der Waals surface area contributed by atoms with Crippen LogP contribution < -0.4 is 0 Å². The van der Waals surface area contributed by atoms with Gasteiger partial charge in [0.05, 0.1) is 5.56 Å². The number of aromatic nitrogens is 1. The van der Waals surface area contributed by atoms with Crippen LogP contribution in [0.5, 0.6) is 0 Å². The second-order valence-corrected chi connectivity index (χ2v) is 2.60. The number of carbonyl (C=O) groups is 1. The van der Waals surface area contributed by atoms with Gasteiger partial charge in [-0.1, -0.05) is 18.5 Å². The molecule has 2 nitrogen and oxygen atoms in total. The number of carbonyl (C=O) groups excluding carboxylic acids is 1. The summed E-state index contributed by atoms with van der Waals surface area (Å²) < 4.78 is 13.0. The fourth-order valence-corrected chi connectivity index (χ4v) is 0.982. The lowest BCUT2D eigenvalue weighted by Crippen LogP contribution is -2.01. The molecule has 0 amide bonds. The molecule has 0 unspecified atom stereocenters. The van der Waals surface area contributed by atoms with Crippen LogP contribution in [0.4, 0.5) is 4.39 Å². The normalized spacial score (nSPS) is 9.92. The highest BCUT2D eigenvalue weighted by Crippen LogP contribution is 2.15. The van der Waals surface area contributed by atoms with E-state index >= 15 is 0 Å². The largest absolute Gasteiger partial charge is 0.294 e. The Morgan fingerprint density at radius 3 is 3.00 bits per heavy atom. The number of halogens is 2. The first-order chi connectivity index (χ1) is 5.66. The summed E-state index contributed by atoms with van der Waals surface area (Å²) >= 11 is 5.38. The Kier molecular flexibility index (Phi) is 2.76. The van der Waals surface area contributed by atoms with Crippen LogP contribution in [0.15, 0.2) is 12.3 Å². The summed E-state index contributed by atoms with van der Waals surface area (Å²) in [6.45, 7) is 1.66. The van der Waals surface area contributed by atoms with Crippen molar-refractivity contribution in [3.05, 3.63) is 28.8 Å². The Balaban J connectivity index is 3.16. The van der Waals surface area contributed by atoms with Crippen LogP contribution in [0, 0.1) is 5.82 Å². The molecule has 0 aliphatic carbocycles. The molecule has 1 rings (SSSR count). The van der Waals surface area contributed by atoms with Gasteiger partial charge in [-0.2, -0.15) is 0 Å². The van der Waals surface area contributed by atoms with E-state index in [0.717, 1.165) is 0 Å². The van der Waals surface area contributed by atoms with Gasteiger partial charge in [-0.25, -0.2) is 9.37 Å². The van der Waals surface area contributed by atoms with Gasteiger partial charge in [0.25, 0.3) is 0 Å². The summed E-state index contributed by atoms with van der Waals surface area (Å²) in [5.74, 6) is -0.997. The van der Waals surface area contributed by atoms with E-state index in [1.54, 1.807) is 6.92 Å². The van der Waals surface area contributed by atoms with E-state index in [4.69, 9.17) is 11.6 Å². The van der Waals surface area contributed by atoms with Crippen LogP contribution in [-0.4, -0.2) is 10.8 Å². The Labute approximate surface area is 74.4 Å². The van der Waals surface area contributed by atoms with E-state index in [9.17, 15) is 9.18 Å². The SMILES string of the molecule is CCC(=O)c1ccnc(Cl)c1F. The van der Waals surface area contributed by atoms with Crippen molar-refractivity contribution in [2.24, 2.45) is 0 Å². The molecule has 0 radical (unpaired) electrons. The lowest BCUT2D eigenvalue weighted by Gasteiger charge is -1.99. The monoisotopic (exact) mass is 187 g/mol. The number of rotatable bonds is 2. The number of Topliss-reactive ketones (excluding diaryl/α,β-unsaturated/α-hetero) is 1. The fourth-order valence-electron chi connectivity index (χ4n) is 0.824. The Morgan fingerprint density at radius 1 is 1.75 bits per heavy atom. The van der Waals surface area contributed by atoms with Gasteiger partial charge < -0.3 is 0 Å². The third-order valence-corrected chi connectivity index (χ3v) is 1.73. The molecule has 1 aromatic heterocycles. The zero-order chi connectivity index (χ0) is 9.14. The van der Waals surface area contributed by atoms with Crippen molar-refractivity contribution in [1.29, 1.82) is 0 Å². The molecule has 0 fully saturated rings. The maximum Gasteiger partial charge on any atom is 0.171 e. The number of hydrogen-bond acceptors (Lipinski definition) is 2. The maximum absolute atomic E-state index is 13.0. The van der Waals surface area contributed by atoms with E-state index in [-0.39, 0.29) is 22.9 Å². The molecule has 0 N–H and O–H groups in total. The average Bonchev–Trinajstić information content (AvgIpc) is 2.08. The minimum absolute atomic E-state index is 0.0116. The minimum Gasteiger partial charge on any atom is -0.294 e. The Bertz CT molecular complexity index is 314. The Morgan fingerprint density at radius 2 is 2.42 bits per heavy atom. The van der Waals surface area contributed by atoms with Crippen molar-refractivity contribution < 1.29 is 9.18 Å². The van der Waals surface area contributed by atoms with Gasteiger partial charge in [0.1, 0.15) is 0 Å². The van der Waals surface area contributed by atoms with Gasteiger partial charge >= 0.3 is 0 Å². The van der Waals surface area contributed by atoms with Crippen LogP contribution in [-0.2, 0) is 0 Å². The summed E-state index contributed by atoms with van der Waals surface area (Å²) in [4.78, 5) is 14.6. The molecule has 0 bridgehead atoms. The van der Waals surface area contributed by atoms with Crippen molar-refractivity contribution in [3.8, 4) is 0 Å². The second-order valence-electron chi connectivity index (χ2n) is 2.24. The van der Waals surface area contributed by atoms with Crippen LogP contribution >= 0.6 is 11.6 Å². The maximum atomic E-state index is 13.0. The van der Waals surface area contributed by atoms with Crippen LogP contribution in [0.25, 0.3) is 0 Å². The third-order valence-electron chi connectivity index (χ3n) is 1.47. The zero-order valence-corrected chi connectivity index (χ0v) is 7.23. The van der Waals surface area contributed by atoms with Crippen molar-refractivity contribution in [2.75, 3.05) is 0 Å². The molecule has 0 saturated carbocycles. The highest BCUT2D eigenvalue weighted by atomic mass is 35.5. The fraction of sp³-hybridized carbons (Fsp3) is 0.250. The van der Waals surface area contributed by atoms with E-state index in [1.807, 2.05) is 0 Å². The van der Waals surface area contributed by atoms with E-state index in [2.05, 4.69) is 4.98 Å². The van der Waals surface area contributed by atoms with Crippen molar-refractivity contribution in [2.45, 2.75) is 13.3 Å². The van der Waals surface area contributed by atoms with E-state index < -0.39 is 5.82 Å². The van der Waals surface area contributed by atoms with Gasteiger partial charge in [0.15, 0.2) is 16.8 Å². The molecule has 4 heteroatoms. The number of pyridine rings is 1. The summed E-state index contributed by atoms with van der Waals surface area (Å²) in [5.41, 5.74) is 0.0116. The molecule has 0 spiro atoms. The van der Waals surface area contributed by atoms with Gasteiger partial charge in [0, 0.05) is 12.6 Å². The number of hydrogen-bond donors (Lipinski definition) is 0. The summed E-state index contributed by atoms with van der Waals surface area (Å²) in [7, 11) is 0. The van der Waals surface area contributed by atoms with Crippen molar-refractivity contribution >= 4 is 17.4 Å². The van der Waals surface area contributed by atoms with Crippen molar-refractivity contribution in [1.82, 2.24) is 4.98 Å². The third kappa shape index (κ3) is 1.61. The van der Waals surface area contributed by atoms with Crippen LogP contribution in [0.2, 0.25) is 5.15 Å². The molecule has 0 aliphatic heterocycles. The van der Waals surface area contributed by atoms with Gasteiger partial charge in [-0.15, -0.1) is 0 Å². The molecule has 0 saturated heterocycles. The van der Waals surface area contributed by atoms with E-state index in [1.165, 1.54) is 12.3 Å². The summed E-state index contributed by atoms with van der Waals surface area (Å²) in [6, 6.07) is 1.33. The number of nitrogens with zero attached hydrogens (tertiary/aromatic N) is 1. The van der Waals surface area contributed by atoms with Crippen molar-refractivity contribution in [3.63, 3.8) is 0 Å². The standard InChI is InChI=1S/C8H7ClFNO/c1-2-6(12)5-3-4-11-8(9)7(5)10/h3-4H,2H2,1H3. The predicted octanol–water partition coefficient (Wildman–Crippen LogP) is 2.47. The predicted molar refractivity (Wildman–Crippen MR) is 43.8 cm³/mol. The quantitative estimate of drug-likeness (QED) is 0.526. The molecule has 1 heterocycles. The van der Waals surface area contributed by atoms with Crippen LogP contribution in [0.3, 0.4) is 0 Å². The first-order valence-corrected chi connectivity index (χ1v) is 3.87. The zero-order valence-electron chi connectivity index (χ0n) is 6.47. The lowest BCUT2D eigenvalue weighted by molar-refractivity contribution is 0.0984.